The number of rotatable bonds is 5. The van der Waals surface area contributed by atoms with Crippen molar-refractivity contribution >= 4 is 0 Å². The normalized spacial score (nSPS) is 13.5. The van der Waals surface area contributed by atoms with E-state index in [0.29, 0.717) is 0 Å². The summed E-state index contributed by atoms with van der Waals surface area (Å²) in [6.07, 6.45) is 3.87. The van der Waals surface area contributed by atoms with E-state index >= 15 is 0 Å². The lowest BCUT2D eigenvalue weighted by Crippen LogP contribution is -2.08. The fourth-order valence-electron chi connectivity index (χ4n) is 2.19. The van der Waals surface area contributed by atoms with Gasteiger partial charge in [-0.1, -0.05) is 77.3 Å². The van der Waals surface area contributed by atoms with Gasteiger partial charge in [-0.15, -0.1) is 0 Å². The number of hydrogen-bond donors (Lipinski definition) is 0. The minimum Gasteiger partial charge on any atom is -0.0683 e. The van der Waals surface area contributed by atoms with Gasteiger partial charge >= 0.3 is 0 Å². The van der Waals surface area contributed by atoms with Crippen LogP contribution in [0.4, 0.5) is 0 Å². The summed E-state index contributed by atoms with van der Waals surface area (Å²) in [7, 11) is 0. The SMILES string of the molecule is CC.CCCC(c1ccc(C)cc1)C(C)CC. The van der Waals surface area contributed by atoms with Crippen LogP contribution in [0.1, 0.15) is 70.9 Å². The third kappa shape index (κ3) is 5.39. The summed E-state index contributed by atoms with van der Waals surface area (Å²) >= 11 is 0. The standard InChI is InChI=1S/C15H24.C2H6/c1-5-7-15(13(4)6-2)14-10-8-12(3)9-11-14;1-2/h8-11,13,15H,5-7H2,1-4H3;1-2H3. The van der Waals surface area contributed by atoms with Gasteiger partial charge in [0, 0.05) is 0 Å². The highest BCUT2D eigenvalue weighted by molar-refractivity contribution is 5.24. The Kier molecular flexibility index (Phi) is 8.85. The van der Waals surface area contributed by atoms with Crippen LogP contribution >= 0.6 is 0 Å². The first-order valence-electron chi connectivity index (χ1n) is 7.25. The molecule has 0 N–H and O–H groups in total. The summed E-state index contributed by atoms with van der Waals surface area (Å²) in [5, 5.41) is 0. The summed E-state index contributed by atoms with van der Waals surface area (Å²) in [6.45, 7) is 13.1. The van der Waals surface area contributed by atoms with Gasteiger partial charge in [-0.2, -0.15) is 0 Å². The van der Waals surface area contributed by atoms with E-state index in [0.717, 1.165) is 11.8 Å². The molecule has 0 aliphatic rings. The first kappa shape index (κ1) is 16.2. The second-order valence-corrected chi connectivity index (χ2v) is 4.69. The maximum Gasteiger partial charge on any atom is -0.0136 e. The van der Waals surface area contributed by atoms with Crippen molar-refractivity contribution in [2.75, 3.05) is 0 Å². The second-order valence-electron chi connectivity index (χ2n) is 4.69. The van der Waals surface area contributed by atoms with E-state index in [1.54, 1.807) is 0 Å². The largest absolute Gasteiger partial charge is 0.0683 e. The van der Waals surface area contributed by atoms with Crippen LogP contribution in [0.3, 0.4) is 0 Å². The van der Waals surface area contributed by atoms with Crippen LogP contribution < -0.4 is 0 Å². The Balaban J connectivity index is 0.00000121. The first-order chi connectivity index (χ1) is 8.19. The van der Waals surface area contributed by atoms with Crippen LogP contribution in [0.5, 0.6) is 0 Å². The maximum atomic E-state index is 2.38. The van der Waals surface area contributed by atoms with Crippen LogP contribution in [0.25, 0.3) is 0 Å². The molecule has 17 heavy (non-hydrogen) atoms. The molecule has 0 heterocycles. The molecule has 0 saturated carbocycles. The second kappa shape index (κ2) is 9.27. The molecular weight excluding hydrogens is 204 g/mol. The molecule has 0 aliphatic heterocycles. The molecule has 0 fully saturated rings. The Labute approximate surface area is 108 Å². The third-order valence-electron chi connectivity index (χ3n) is 3.44. The zero-order chi connectivity index (χ0) is 13.3. The van der Waals surface area contributed by atoms with Crippen LogP contribution in [0, 0.1) is 12.8 Å². The lowest BCUT2D eigenvalue weighted by Gasteiger charge is -2.23. The van der Waals surface area contributed by atoms with E-state index in [2.05, 4.69) is 52.0 Å². The van der Waals surface area contributed by atoms with E-state index < -0.39 is 0 Å². The van der Waals surface area contributed by atoms with E-state index in [-0.39, 0.29) is 0 Å². The van der Waals surface area contributed by atoms with Crippen molar-refractivity contribution in [1.29, 1.82) is 0 Å². The molecule has 1 aromatic carbocycles. The minimum absolute atomic E-state index is 0.751. The van der Waals surface area contributed by atoms with Crippen molar-refractivity contribution in [2.24, 2.45) is 5.92 Å². The van der Waals surface area contributed by atoms with Crippen molar-refractivity contribution < 1.29 is 0 Å². The lowest BCUT2D eigenvalue weighted by molar-refractivity contribution is 0.419. The van der Waals surface area contributed by atoms with Gasteiger partial charge in [0.25, 0.3) is 0 Å². The van der Waals surface area contributed by atoms with Gasteiger partial charge in [-0.05, 0) is 30.7 Å². The number of hydrogen-bond acceptors (Lipinski definition) is 0. The Morgan fingerprint density at radius 3 is 1.94 bits per heavy atom. The predicted molar refractivity (Wildman–Crippen MR) is 79.6 cm³/mol. The smallest absolute Gasteiger partial charge is 0.0136 e. The maximum absolute atomic E-state index is 2.38. The monoisotopic (exact) mass is 234 g/mol. The molecule has 2 atom stereocenters. The van der Waals surface area contributed by atoms with Crippen molar-refractivity contribution in [3.05, 3.63) is 35.4 Å². The molecule has 0 spiro atoms. The van der Waals surface area contributed by atoms with Gasteiger partial charge < -0.3 is 0 Å². The fourth-order valence-corrected chi connectivity index (χ4v) is 2.19. The van der Waals surface area contributed by atoms with Gasteiger partial charge in [0.1, 0.15) is 0 Å². The Bertz CT molecular complexity index is 271. The van der Waals surface area contributed by atoms with Crippen molar-refractivity contribution in [2.45, 2.75) is 66.7 Å². The van der Waals surface area contributed by atoms with Gasteiger partial charge in [-0.25, -0.2) is 0 Å². The van der Waals surface area contributed by atoms with Crippen LogP contribution in [0.2, 0.25) is 0 Å². The average molecular weight is 234 g/mol. The van der Waals surface area contributed by atoms with Crippen molar-refractivity contribution in [3.63, 3.8) is 0 Å². The molecule has 0 bridgehead atoms. The molecule has 0 saturated heterocycles. The van der Waals surface area contributed by atoms with Crippen molar-refractivity contribution in [3.8, 4) is 0 Å². The topological polar surface area (TPSA) is 0 Å². The molecule has 0 amide bonds. The summed E-state index contributed by atoms with van der Waals surface area (Å²) in [6, 6.07) is 9.09. The van der Waals surface area contributed by atoms with E-state index in [4.69, 9.17) is 0 Å². The first-order valence-corrected chi connectivity index (χ1v) is 7.25. The molecule has 0 aliphatic carbocycles. The third-order valence-corrected chi connectivity index (χ3v) is 3.44. The highest BCUT2D eigenvalue weighted by atomic mass is 14.2. The van der Waals surface area contributed by atoms with Gasteiger partial charge in [0.2, 0.25) is 0 Å². The van der Waals surface area contributed by atoms with Crippen LogP contribution in [-0.4, -0.2) is 0 Å². The number of aryl methyl sites for hydroxylation is 1. The molecule has 0 aromatic heterocycles. The Morgan fingerprint density at radius 2 is 1.53 bits per heavy atom. The molecule has 98 valence electrons. The van der Waals surface area contributed by atoms with Crippen molar-refractivity contribution in [1.82, 2.24) is 0 Å². The predicted octanol–water partition coefficient (Wildman–Crippen LogP) is 5.95. The van der Waals surface area contributed by atoms with Crippen LogP contribution in [-0.2, 0) is 0 Å². The molecule has 0 radical (unpaired) electrons. The molecular formula is C17H30. The summed E-state index contributed by atoms with van der Waals surface area (Å²) in [5.41, 5.74) is 2.88. The molecule has 1 aromatic rings. The molecule has 0 nitrogen and oxygen atoms in total. The fraction of sp³-hybridized carbons (Fsp3) is 0.647. The molecule has 1 rings (SSSR count). The summed E-state index contributed by atoms with van der Waals surface area (Å²) in [4.78, 5) is 0. The highest BCUT2D eigenvalue weighted by Crippen LogP contribution is 2.31. The van der Waals surface area contributed by atoms with Gasteiger partial charge in [0.05, 0.1) is 0 Å². The van der Waals surface area contributed by atoms with E-state index in [9.17, 15) is 0 Å². The number of benzene rings is 1. The zero-order valence-electron chi connectivity index (χ0n) is 12.6. The average Bonchev–Trinajstić information content (AvgIpc) is 2.39. The quantitative estimate of drug-likeness (QED) is 0.590. The van der Waals surface area contributed by atoms with Gasteiger partial charge in [0.15, 0.2) is 0 Å². The summed E-state index contributed by atoms with van der Waals surface area (Å²) in [5.74, 6) is 1.55. The summed E-state index contributed by atoms with van der Waals surface area (Å²) < 4.78 is 0. The minimum atomic E-state index is 0.751. The zero-order valence-corrected chi connectivity index (χ0v) is 12.6. The van der Waals surface area contributed by atoms with Gasteiger partial charge in [-0.3, -0.25) is 0 Å². The van der Waals surface area contributed by atoms with E-state index in [1.807, 2.05) is 13.8 Å². The van der Waals surface area contributed by atoms with Crippen LogP contribution in [0.15, 0.2) is 24.3 Å². The molecule has 2 unspecified atom stereocenters. The van der Waals surface area contributed by atoms with E-state index in [1.165, 1.54) is 30.4 Å². The lowest BCUT2D eigenvalue weighted by atomic mass is 9.82. The Hall–Kier alpha value is -0.780. The highest BCUT2D eigenvalue weighted by Gasteiger charge is 2.16. The molecule has 0 heteroatoms. The Morgan fingerprint density at radius 1 is 1.00 bits per heavy atom.